The lowest BCUT2D eigenvalue weighted by molar-refractivity contribution is 0.527. The van der Waals surface area contributed by atoms with E-state index in [1.807, 2.05) is 13.0 Å². The van der Waals surface area contributed by atoms with Crippen LogP contribution in [0.25, 0.3) is 11.2 Å². The van der Waals surface area contributed by atoms with E-state index in [1.54, 1.807) is 12.5 Å². The van der Waals surface area contributed by atoms with E-state index < -0.39 is 10.8 Å². The van der Waals surface area contributed by atoms with E-state index in [9.17, 15) is 4.21 Å². The van der Waals surface area contributed by atoms with Crippen LogP contribution in [0.15, 0.2) is 12.3 Å². The summed E-state index contributed by atoms with van der Waals surface area (Å²) < 4.78 is 13.3. The molecule has 0 bridgehead atoms. The zero-order valence-electron chi connectivity index (χ0n) is 11.4. The fraction of sp³-hybridized carbons (Fsp3) is 0.538. The van der Waals surface area contributed by atoms with Crippen LogP contribution in [0.5, 0.6) is 0 Å². The van der Waals surface area contributed by atoms with Crippen LogP contribution < -0.4 is 0 Å². The lowest BCUT2D eigenvalue weighted by Gasteiger charge is -2.15. The molecule has 0 aromatic carbocycles. The molecule has 2 unspecified atom stereocenters. The van der Waals surface area contributed by atoms with Crippen molar-refractivity contribution >= 4 is 33.6 Å². The number of hydrogen-bond donors (Lipinski definition) is 0. The second-order valence-electron chi connectivity index (χ2n) is 4.75. The van der Waals surface area contributed by atoms with Crippen molar-refractivity contribution < 1.29 is 4.21 Å². The van der Waals surface area contributed by atoms with Gasteiger partial charge in [0.2, 0.25) is 0 Å². The van der Waals surface area contributed by atoms with E-state index in [0.717, 1.165) is 29.0 Å². The highest BCUT2D eigenvalue weighted by Crippen LogP contribution is 2.24. The van der Waals surface area contributed by atoms with Crippen LogP contribution in [0.3, 0.4) is 0 Å². The van der Waals surface area contributed by atoms with Gasteiger partial charge in [-0.05, 0) is 31.9 Å². The van der Waals surface area contributed by atoms with E-state index in [1.165, 1.54) is 0 Å². The summed E-state index contributed by atoms with van der Waals surface area (Å²) in [6, 6.07) is 2.14. The van der Waals surface area contributed by atoms with Gasteiger partial charge in [-0.1, -0.05) is 0 Å². The minimum Gasteiger partial charge on any atom is -0.309 e. The molecule has 104 valence electrons. The van der Waals surface area contributed by atoms with Crippen molar-refractivity contribution in [3.05, 3.63) is 23.7 Å². The minimum absolute atomic E-state index is 0.192. The van der Waals surface area contributed by atoms with Crippen LogP contribution >= 0.6 is 11.6 Å². The molecule has 0 saturated carbocycles. The van der Waals surface area contributed by atoms with Gasteiger partial charge < -0.3 is 4.57 Å². The van der Waals surface area contributed by atoms with E-state index in [4.69, 9.17) is 11.6 Å². The molecular weight excluding hydrogens is 282 g/mol. The Morgan fingerprint density at radius 3 is 2.89 bits per heavy atom. The van der Waals surface area contributed by atoms with Crippen LogP contribution in [-0.4, -0.2) is 30.8 Å². The van der Waals surface area contributed by atoms with Crippen molar-refractivity contribution in [2.24, 2.45) is 0 Å². The Kier molecular flexibility index (Phi) is 4.58. The minimum atomic E-state index is -0.782. The van der Waals surface area contributed by atoms with Gasteiger partial charge in [0.15, 0.2) is 5.65 Å². The van der Waals surface area contributed by atoms with E-state index in [0.29, 0.717) is 11.6 Å². The Bertz CT molecular complexity index is 611. The predicted molar refractivity (Wildman–Crippen MR) is 80.1 cm³/mol. The molecule has 0 aliphatic rings. The van der Waals surface area contributed by atoms with Crippen LogP contribution in [-0.2, 0) is 16.7 Å². The first-order valence-electron chi connectivity index (χ1n) is 6.23. The standard InChI is InChI=1S/C13H18ClN3OS/c1-9-4-6-15-13-12(9)16-11(8-14)17(13)10(2)5-7-19(3)18/h4,6,10H,5,7-8H2,1-3H3. The molecule has 0 fully saturated rings. The first-order chi connectivity index (χ1) is 9.04. The number of pyridine rings is 1. The molecule has 0 aliphatic carbocycles. The second-order valence-corrected chi connectivity index (χ2v) is 6.57. The monoisotopic (exact) mass is 299 g/mol. The third-order valence-electron chi connectivity index (χ3n) is 3.24. The number of imidazole rings is 1. The fourth-order valence-electron chi connectivity index (χ4n) is 2.18. The summed E-state index contributed by atoms with van der Waals surface area (Å²) in [6.07, 6.45) is 4.34. The average Bonchev–Trinajstić information content (AvgIpc) is 2.76. The average molecular weight is 300 g/mol. The molecule has 2 atom stereocenters. The van der Waals surface area contributed by atoms with Gasteiger partial charge in [-0.25, -0.2) is 9.97 Å². The van der Waals surface area contributed by atoms with Gasteiger partial charge in [0.25, 0.3) is 0 Å². The summed E-state index contributed by atoms with van der Waals surface area (Å²) in [6.45, 7) is 4.11. The number of aryl methyl sites for hydroxylation is 1. The van der Waals surface area contributed by atoms with Crippen LogP contribution in [0.1, 0.15) is 30.8 Å². The quantitative estimate of drug-likeness (QED) is 0.798. The molecule has 0 aliphatic heterocycles. The summed E-state index contributed by atoms with van der Waals surface area (Å²) in [4.78, 5) is 9.00. The van der Waals surface area contributed by atoms with Crippen molar-refractivity contribution in [3.63, 3.8) is 0 Å². The molecular formula is C13H18ClN3OS. The molecule has 2 aromatic rings. The highest BCUT2D eigenvalue weighted by atomic mass is 35.5. The molecule has 2 heterocycles. The van der Waals surface area contributed by atoms with Gasteiger partial charge >= 0.3 is 0 Å². The maximum Gasteiger partial charge on any atom is 0.160 e. The van der Waals surface area contributed by atoms with E-state index in [-0.39, 0.29) is 6.04 Å². The number of nitrogens with zero attached hydrogens (tertiary/aromatic N) is 3. The zero-order chi connectivity index (χ0) is 14.0. The molecule has 0 saturated heterocycles. The number of halogens is 1. The summed E-state index contributed by atoms with van der Waals surface area (Å²) in [5.41, 5.74) is 2.87. The highest BCUT2D eigenvalue weighted by Gasteiger charge is 2.17. The fourth-order valence-corrected chi connectivity index (χ4v) is 3.04. The summed E-state index contributed by atoms with van der Waals surface area (Å²) in [5, 5.41) is 0. The topological polar surface area (TPSA) is 47.8 Å². The number of aromatic nitrogens is 3. The van der Waals surface area contributed by atoms with E-state index in [2.05, 4.69) is 21.5 Å². The molecule has 0 N–H and O–H groups in total. The summed E-state index contributed by atoms with van der Waals surface area (Å²) in [7, 11) is -0.782. The predicted octanol–water partition coefficient (Wildman–Crippen LogP) is 2.81. The molecule has 19 heavy (non-hydrogen) atoms. The lowest BCUT2D eigenvalue weighted by Crippen LogP contribution is -2.12. The molecule has 0 spiro atoms. The molecule has 0 amide bonds. The number of rotatable bonds is 5. The van der Waals surface area contributed by atoms with Crippen LogP contribution in [0.2, 0.25) is 0 Å². The largest absolute Gasteiger partial charge is 0.309 e. The third-order valence-corrected chi connectivity index (χ3v) is 4.29. The molecule has 6 heteroatoms. The van der Waals surface area contributed by atoms with E-state index >= 15 is 0 Å². The third kappa shape index (κ3) is 2.98. The summed E-state index contributed by atoms with van der Waals surface area (Å²) in [5.74, 6) is 1.86. The van der Waals surface area contributed by atoms with Gasteiger partial charge in [-0.3, -0.25) is 4.21 Å². The van der Waals surface area contributed by atoms with Crippen molar-refractivity contribution in [3.8, 4) is 0 Å². The maximum absolute atomic E-state index is 11.2. The van der Waals surface area contributed by atoms with Crippen molar-refractivity contribution in [2.45, 2.75) is 32.2 Å². The Morgan fingerprint density at radius 1 is 1.53 bits per heavy atom. The SMILES string of the molecule is Cc1ccnc2c1nc(CCl)n2C(C)CCS(C)=O. The number of alkyl halides is 1. The molecule has 2 rings (SSSR count). The Morgan fingerprint density at radius 2 is 2.26 bits per heavy atom. The Hall–Kier alpha value is -0.940. The van der Waals surface area contributed by atoms with Crippen molar-refractivity contribution in [1.29, 1.82) is 0 Å². The molecule has 4 nitrogen and oxygen atoms in total. The smallest absolute Gasteiger partial charge is 0.160 e. The Balaban J connectivity index is 2.45. The second kappa shape index (κ2) is 6.01. The first-order valence-corrected chi connectivity index (χ1v) is 8.49. The zero-order valence-corrected chi connectivity index (χ0v) is 13.0. The summed E-state index contributed by atoms with van der Waals surface area (Å²) >= 11 is 5.99. The van der Waals surface area contributed by atoms with Crippen LogP contribution in [0.4, 0.5) is 0 Å². The Labute approximate surface area is 120 Å². The van der Waals surface area contributed by atoms with Gasteiger partial charge in [-0.15, -0.1) is 11.6 Å². The highest BCUT2D eigenvalue weighted by molar-refractivity contribution is 7.84. The van der Waals surface area contributed by atoms with Crippen molar-refractivity contribution in [1.82, 2.24) is 14.5 Å². The van der Waals surface area contributed by atoms with Gasteiger partial charge in [-0.2, -0.15) is 0 Å². The van der Waals surface area contributed by atoms with Gasteiger partial charge in [0.1, 0.15) is 11.3 Å². The first kappa shape index (κ1) is 14.5. The molecule has 2 aromatic heterocycles. The normalized spacial score (nSPS) is 14.7. The van der Waals surface area contributed by atoms with Gasteiger partial charge in [0.05, 0.1) is 5.88 Å². The lowest BCUT2D eigenvalue weighted by atomic mass is 10.2. The number of hydrogen-bond acceptors (Lipinski definition) is 3. The van der Waals surface area contributed by atoms with Gasteiger partial charge in [0, 0.05) is 35.0 Å². The van der Waals surface area contributed by atoms with Crippen LogP contribution in [0, 0.1) is 6.92 Å². The molecule has 0 radical (unpaired) electrons. The maximum atomic E-state index is 11.2. The number of fused-ring (bicyclic) bond motifs is 1. The van der Waals surface area contributed by atoms with Crippen molar-refractivity contribution in [2.75, 3.05) is 12.0 Å².